The molecule has 0 saturated carbocycles. The van der Waals surface area contributed by atoms with Crippen LogP contribution in [0.2, 0.25) is 0 Å². The molecule has 6 heteroatoms. The summed E-state index contributed by atoms with van der Waals surface area (Å²) in [4.78, 5) is 12.8. The average molecular weight is 377 g/mol. The lowest BCUT2D eigenvalue weighted by Crippen LogP contribution is -2.22. The van der Waals surface area contributed by atoms with Crippen LogP contribution in [0.4, 0.5) is 10.1 Å². The van der Waals surface area contributed by atoms with Crippen molar-refractivity contribution in [3.05, 3.63) is 64.5 Å². The van der Waals surface area contributed by atoms with E-state index in [1.165, 1.54) is 6.07 Å². The fourth-order valence-corrected chi connectivity index (χ4v) is 3.45. The molecule has 0 fully saturated rings. The molecule has 1 aliphatic rings. The number of anilines is 1. The maximum Gasteiger partial charge on any atom is 0.256 e. The van der Waals surface area contributed by atoms with E-state index in [2.05, 4.69) is 10.6 Å². The van der Waals surface area contributed by atoms with Gasteiger partial charge in [-0.2, -0.15) is 0 Å². The van der Waals surface area contributed by atoms with Gasteiger partial charge in [-0.3, -0.25) is 10.1 Å². The summed E-state index contributed by atoms with van der Waals surface area (Å²) >= 11 is 5.84. The third-order valence-corrected chi connectivity index (χ3v) is 4.79. The van der Waals surface area contributed by atoms with Crippen LogP contribution in [0.1, 0.15) is 46.4 Å². The average Bonchev–Trinajstić information content (AvgIpc) is 2.86. The number of ether oxygens (including phenoxy) is 1. The highest BCUT2D eigenvalue weighted by molar-refractivity contribution is 6.17. The van der Waals surface area contributed by atoms with E-state index in [1.807, 2.05) is 19.1 Å². The molecule has 4 nitrogen and oxygen atoms in total. The number of hydrogen-bond donors (Lipinski definition) is 2. The lowest BCUT2D eigenvalue weighted by molar-refractivity contribution is 0.101. The molecule has 1 unspecified atom stereocenters. The first-order valence-corrected chi connectivity index (χ1v) is 9.26. The fraction of sp³-hybridized carbons (Fsp3) is 0.350. The number of fused-ring (bicyclic) bond motifs is 1. The Balaban J connectivity index is 1.89. The predicted octanol–water partition coefficient (Wildman–Crippen LogP) is 4.39. The van der Waals surface area contributed by atoms with Crippen molar-refractivity contribution in [1.82, 2.24) is 5.32 Å². The zero-order chi connectivity index (χ0) is 18.5. The molecule has 2 aromatic rings. The van der Waals surface area contributed by atoms with Crippen molar-refractivity contribution >= 4 is 23.2 Å². The standard InChI is InChI=1S/C20H22ClFN2O2/c1-2-13-10-14(6-7-18(13)22)24-20(25)16-5-3-4-15-17(16)11-26-9-8-19(15)23-12-21/h3-7,10,19,23H,2,8-9,11-12H2,1H3,(H,24,25). The zero-order valence-electron chi connectivity index (χ0n) is 14.6. The minimum Gasteiger partial charge on any atom is -0.377 e. The first kappa shape index (κ1) is 18.8. The lowest BCUT2D eigenvalue weighted by Gasteiger charge is -2.19. The smallest absolute Gasteiger partial charge is 0.256 e. The van der Waals surface area contributed by atoms with Crippen LogP contribution >= 0.6 is 11.6 Å². The topological polar surface area (TPSA) is 50.4 Å². The summed E-state index contributed by atoms with van der Waals surface area (Å²) in [5, 5.41) is 6.10. The van der Waals surface area contributed by atoms with Gasteiger partial charge in [0, 0.05) is 23.9 Å². The molecule has 1 heterocycles. The number of halogens is 2. The van der Waals surface area contributed by atoms with Gasteiger partial charge in [-0.15, -0.1) is 11.6 Å². The molecule has 0 spiro atoms. The third kappa shape index (κ3) is 4.06. The molecule has 0 radical (unpaired) electrons. The van der Waals surface area contributed by atoms with Crippen LogP contribution in [-0.4, -0.2) is 18.5 Å². The molecule has 0 bridgehead atoms. The zero-order valence-corrected chi connectivity index (χ0v) is 15.4. The van der Waals surface area contributed by atoms with Gasteiger partial charge in [0.05, 0.1) is 12.6 Å². The Hall–Kier alpha value is -1.95. The summed E-state index contributed by atoms with van der Waals surface area (Å²) in [5.74, 6) is -0.492. The van der Waals surface area contributed by atoms with Gasteiger partial charge < -0.3 is 10.1 Å². The quantitative estimate of drug-likeness (QED) is 0.601. The van der Waals surface area contributed by atoms with Crippen LogP contribution in [0.5, 0.6) is 0 Å². The van der Waals surface area contributed by atoms with Crippen molar-refractivity contribution in [2.75, 3.05) is 17.9 Å². The van der Waals surface area contributed by atoms with Crippen LogP contribution in [-0.2, 0) is 17.8 Å². The van der Waals surface area contributed by atoms with Crippen LogP contribution in [0.15, 0.2) is 36.4 Å². The largest absolute Gasteiger partial charge is 0.377 e. The Labute approximate surface area is 157 Å². The van der Waals surface area contributed by atoms with Gasteiger partial charge in [-0.05, 0) is 53.8 Å². The minimum absolute atomic E-state index is 0.0512. The van der Waals surface area contributed by atoms with Gasteiger partial charge in [0.1, 0.15) is 5.82 Å². The van der Waals surface area contributed by atoms with Crippen LogP contribution in [0, 0.1) is 5.82 Å². The molecule has 2 aromatic carbocycles. The molecule has 138 valence electrons. The Bertz CT molecular complexity index is 797. The SMILES string of the molecule is CCc1cc(NC(=O)c2cccc3c2COCCC3NCCl)ccc1F. The number of nitrogens with one attached hydrogen (secondary N) is 2. The summed E-state index contributed by atoms with van der Waals surface area (Å²) in [7, 11) is 0. The Morgan fingerprint density at radius 2 is 2.19 bits per heavy atom. The minimum atomic E-state index is -0.262. The summed E-state index contributed by atoms with van der Waals surface area (Å²) in [5.41, 5.74) is 3.61. The van der Waals surface area contributed by atoms with Gasteiger partial charge in [0.2, 0.25) is 0 Å². The molecule has 3 rings (SSSR count). The Morgan fingerprint density at radius 1 is 1.35 bits per heavy atom. The second-order valence-electron chi connectivity index (χ2n) is 6.22. The van der Waals surface area contributed by atoms with Gasteiger partial charge in [0.25, 0.3) is 5.91 Å². The second kappa shape index (κ2) is 8.62. The molecule has 0 aliphatic carbocycles. The number of amides is 1. The van der Waals surface area contributed by atoms with Crippen molar-refractivity contribution in [2.24, 2.45) is 0 Å². The maximum absolute atomic E-state index is 13.7. The first-order valence-electron chi connectivity index (χ1n) is 8.72. The van der Waals surface area contributed by atoms with E-state index >= 15 is 0 Å². The highest BCUT2D eigenvalue weighted by atomic mass is 35.5. The normalized spacial score (nSPS) is 16.7. The summed E-state index contributed by atoms with van der Waals surface area (Å²) in [6.45, 7) is 2.85. The van der Waals surface area contributed by atoms with Crippen molar-refractivity contribution in [1.29, 1.82) is 0 Å². The number of benzene rings is 2. The summed E-state index contributed by atoms with van der Waals surface area (Å²) in [6, 6.07) is 10.6. The van der Waals surface area contributed by atoms with E-state index in [-0.39, 0.29) is 17.8 Å². The fourth-order valence-electron chi connectivity index (χ4n) is 3.26. The predicted molar refractivity (Wildman–Crippen MR) is 101 cm³/mol. The van der Waals surface area contributed by atoms with E-state index in [0.29, 0.717) is 42.5 Å². The van der Waals surface area contributed by atoms with E-state index in [0.717, 1.165) is 17.5 Å². The lowest BCUT2D eigenvalue weighted by atomic mass is 9.95. The Morgan fingerprint density at radius 3 is 2.96 bits per heavy atom. The van der Waals surface area contributed by atoms with E-state index in [1.54, 1.807) is 18.2 Å². The van der Waals surface area contributed by atoms with Crippen molar-refractivity contribution < 1.29 is 13.9 Å². The number of carbonyl (C=O) groups excluding carboxylic acids is 1. The number of alkyl halides is 1. The highest BCUT2D eigenvalue weighted by Crippen LogP contribution is 2.29. The first-order chi connectivity index (χ1) is 12.6. The van der Waals surface area contributed by atoms with Gasteiger partial charge >= 0.3 is 0 Å². The molecular weight excluding hydrogens is 355 g/mol. The van der Waals surface area contributed by atoms with Crippen molar-refractivity contribution in [3.8, 4) is 0 Å². The van der Waals surface area contributed by atoms with E-state index in [4.69, 9.17) is 16.3 Å². The number of aryl methyl sites for hydroxylation is 1. The number of rotatable bonds is 5. The molecule has 1 atom stereocenters. The maximum atomic E-state index is 13.7. The second-order valence-corrected chi connectivity index (χ2v) is 6.49. The van der Waals surface area contributed by atoms with Crippen LogP contribution < -0.4 is 10.6 Å². The summed E-state index contributed by atoms with van der Waals surface area (Å²) in [6.07, 6.45) is 1.36. The van der Waals surface area contributed by atoms with E-state index in [9.17, 15) is 9.18 Å². The van der Waals surface area contributed by atoms with Gasteiger partial charge in [-0.1, -0.05) is 19.1 Å². The van der Waals surface area contributed by atoms with Crippen LogP contribution in [0.3, 0.4) is 0 Å². The van der Waals surface area contributed by atoms with Gasteiger partial charge in [-0.25, -0.2) is 4.39 Å². The number of carbonyl (C=O) groups is 1. The monoisotopic (exact) mass is 376 g/mol. The molecule has 0 aromatic heterocycles. The van der Waals surface area contributed by atoms with E-state index < -0.39 is 0 Å². The van der Waals surface area contributed by atoms with Crippen molar-refractivity contribution in [2.45, 2.75) is 32.4 Å². The number of hydrogen-bond acceptors (Lipinski definition) is 3. The molecule has 2 N–H and O–H groups in total. The molecule has 26 heavy (non-hydrogen) atoms. The molecule has 0 saturated heterocycles. The molecular formula is C20H22ClFN2O2. The molecule has 1 aliphatic heterocycles. The third-order valence-electron chi connectivity index (χ3n) is 4.64. The van der Waals surface area contributed by atoms with Crippen LogP contribution in [0.25, 0.3) is 0 Å². The summed E-state index contributed by atoms with van der Waals surface area (Å²) < 4.78 is 19.3. The Kier molecular flexibility index (Phi) is 6.25. The molecule has 1 amide bonds. The van der Waals surface area contributed by atoms with Gasteiger partial charge in [0.15, 0.2) is 0 Å². The highest BCUT2D eigenvalue weighted by Gasteiger charge is 2.23. The van der Waals surface area contributed by atoms with Crippen molar-refractivity contribution in [3.63, 3.8) is 0 Å².